The van der Waals surface area contributed by atoms with E-state index in [1.807, 2.05) is 0 Å². The number of carbonyl (C=O) groups excluding carboxylic acids is 1. The Balaban J connectivity index is 2.12. The summed E-state index contributed by atoms with van der Waals surface area (Å²) in [6, 6.07) is 7.02. The summed E-state index contributed by atoms with van der Waals surface area (Å²) in [6.07, 6.45) is 0. The first-order valence-corrected chi connectivity index (χ1v) is 6.02. The molecule has 1 heterocycles. The Labute approximate surface area is 106 Å². The molecule has 0 fully saturated rings. The third-order valence-electron chi connectivity index (χ3n) is 1.84. The molecule has 0 saturated heterocycles. The summed E-state index contributed by atoms with van der Waals surface area (Å²) in [5.74, 6) is 0.0669. The number of halogens is 1. The van der Waals surface area contributed by atoms with E-state index in [-0.39, 0.29) is 5.75 Å². The molecule has 0 bridgehead atoms. The van der Waals surface area contributed by atoms with Gasteiger partial charge in [-0.05, 0) is 24.3 Å². The fourth-order valence-corrected chi connectivity index (χ4v) is 1.74. The van der Waals surface area contributed by atoms with Crippen molar-refractivity contribution in [3.63, 3.8) is 0 Å². The Bertz CT molecular complexity index is 527. The first-order chi connectivity index (χ1) is 8.15. The van der Waals surface area contributed by atoms with Gasteiger partial charge in [0.05, 0.1) is 5.75 Å². The van der Waals surface area contributed by atoms with E-state index in [2.05, 4.69) is 10.2 Å². The zero-order valence-electron chi connectivity index (χ0n) is 8.59. The Morgan fingerprint density at radius 2 is 2.06 bits per heavy atom. The minimum atomic E-state index is -0.429. The lowest BCUT2D eigenvalue weighted by Crippen LogP contribution is -2.12. The van der Waals surface area contributed by atoms with Gasteiger partial charge in [0.15, 0.2) is 0 Å². The van der Waals surface area contributed by atoms with E-state index in [1.165, 1.54) is 0 Å². The zero-order valence-corrected chi connectivity index (χ0v) is 10.2. The van der Waals surface area contributed by atoms with Gasteiger partial charge in [0, 0.05) is 10.6 Å². The topological polar surface area (TPSA) is 82.0 Å². The number of amides is 1. The van der Waals surface area contributed by atoms with E-state index in [4.69, 9.17) is 21.8 Å². The van der Waals surface area contributed by atoms with Crippen molar-refractivity contribution in [1.82, 2.24) is 10.2 Å². The Morgan fingerprint density at radius 1 is 1.35 bits per heavy atom. The molecule has 1 aromatic heterocycles. The Morgan fingerprint density at radius 3 is 2.71 bits per heavy atom. The molecule has 0 aliphatic heterocycles. The quantitative estimate of drug-likeness (QED) is 0.858. The van der Waals surface area contributed by atoms with Crippen LogP contribution < -0.4 is 5.73 Å². The maximum atomic E-state index is 10.6. The number of nitrogens with zero attached hydrogens (tertiary/aromatic N) is 2. The summed E-state index contributed by atoms with van der Waals surface area (Å²) in [4.78, 5) is 10.6. The molecule has 2 N–H and O–H groups in total. The maximum absolute atomic E-state index is 10.6. The van der Waals surface area contributed by atoms with Gasteiger partial charge in [-0.2, -0.15) is 0 Å². The molecule has 88 valence electrons. The number of thioether (sulfide) groups is 1. The van der Waals surface area contributed by atoms with Crippen LogP contribution in [-0.4, -0.2) is 21.9 Å². The standard InChI is InChI=1S/C10H8ClN3O2S/c11-7-3-1-6(2-4-7)9-13-14-10(16-9)17-5-8(12)15/h1-4H,5H2,(H2,12,15). The molecule has 0 unspecified atom stereocenters. The fourth-order valence-electron chi connectivity index (χ4n) is 1.11. The van der Waals surface area contributed by atoms with Gasteiger partial charge in [0.2, 0.25) is 11.8 Å². The van der Waals surface area contributed by atoms with E-state index in [9.17, 15) is 4.79 Å². The van der Waals surface area contributed by atoms with Gasteiger partial charge >= 0.3 is 0 Å². The maximum Gasteiger partial charge on any atom is 0.277 e. The van der Waals surface area contributed by atoms with Crippen LogP contribution >= 0.6 is 23.4 Å². The van der Waals surface area contributed by atoms with Crippen LogP contribution in [0.2, 0.25) is 5.02 Å². The first-order valence-electron chi connectivity index (χ1n) is 4.65. The third kappa shape index (κ3) is 3.21. The van der Waals surface area contributed by atoms with Crippen LogP contribution in [-0.2, 0) is 4.79 Å². The molecule has 0 spiro atoms. The van der Waals surface area contributed by atoms with Crippen molar-refractivity contribution in [1.29, 1.82) is 0 Å². The number of hydrogen-bond acceptors (Lipinski definition) is 5. The summed E-state index contributed by atoms with van der Waals surface area (Å²) in [5.41, 5.74) is 5.78. The van der Waals surface area contributed by atoms with Crippen LogP contribution in [0.4, 0.5) is 0 Å². The molecule has 0 atom stereocenters. The van der Waals surface area contributed by atoms with E-state index in [0.717, 1.165) is 17.3 Å². The van der Waals surface area contributed by atoms with Crippen LogP contribution in [0.25, 0.3) is 11.5 Å². The van der Waals surface area contributed by atoms with Gasteiger partial charge in [0.1, 0.15) is 0 Å². The van der Waals surface area contributed by atoms with Crippen molar-refractivity contribution in [2.24, 2.45) is 5.73 Å². The molecule has 1 amide bonds. The fraction of sp³-hybridized carbons (Fsp3) is 0.100. The monoisotopic (exact) mass is 269 g/mol. The second-order valence-electron chi connectivity index (χ2n) is 3.14. The number of nitrogens with two attached hydrogens (primary N) is 1. The van der Waals surface area contributed by atoms with E-state index in [1.54, 1.807) is 24.3 Å². The predicted octanol–water partition coefficient (Wildman–Crippen LogP) is 1.97. The van der Waals surface area contributed by atoms with Crippen LogP contribution in [0, 0.1) is 0 Å². The predicted molar refractivity (Wildman–Crippen MR) is 64.7 cm³/mol. The molecule has 1 aromatic carbocycles. The van der Waals surface area contributed by atoms with E-state index in [0.29, 0.717) is 16.1 Å². The summed E-state index contributed by atoms with van der Waals surface area (Å²) in [7, 11) is 0. The molecule has 2 rings (SSSR count). The third-order valence-corrected chi connectivity index (χ3v) is 2.93. The molecular weight excluding hydrogens is 262 g/mol. The number of hydrogen-bond donors (Lipinski definition) is 1. The number of carbonyl (C=O) groups is 1. The lowest BCUT2D eigenvalue weighted by atomic mass is 10.2. The molecule has 0 radical (unpaired) electrons. The lowest BCUT2D eigenvalue weighted by molar-refractivity contribution is -0.115. The average molecular weight is 270 g/mol. The number of primary amides is 1. The van der Waals surface area contributed by atoms with Crippen molar-refractivity contribution in [2.75, 3.05) is 5.75 Å². The van der Waals surface area contributed by atoms with Gasteiger partial charge in [-0.15, -0.1) is 10.2 Å². The van der Waals surface area contributed by atoms with Gasteiger partial charge in [-0.3, -0.25) is 4.79 Å². The van der Waals surface area contributed by atoms with Crippen LogP contribution in [0.3, 0.4) is 0 Å². The highest BCUT2D eigenvalue weighted by Gasteiger charge is 2.09. The first kappa shape index (κ1) is 11.9. The van der Waals surface area contributed by atoms with Gasteiger partial charge in [-0.25, -0.2) is 0 Å². The Hall–Kier alpha value is -1.53. The lowest BCUT2D eigenvalue weighted by Gasteiger charge is -1.94. The highest BCUT2D eigenvalue weighted by molar-refractivity contribution is 7.99. The number of aromatic nitrogens is 2. The van der Waals surface area contributed by atoms with Crippen molar-refractivity contribution in [3.8, 4) is 11.5 Å². The summed E-state index contributed by atoms with van der Waals surface area (Å²) >= 11 is 6.87. The second-order valence-corrected chi connectivity index (χ2v) is 4.50. The molecular formula is C10H8ClN3O2S. The van der Waals surface area contributed by atoms with Crippen molar-refractivity contribution in [3.05, 3.63) is 29.3 Å². The van der Waals surface area contributed by atoms with Crippen molar-refractivity contribution < 1.29 is 9.21 Å². The molecule has 7 heteroatoms. The SMILES string of the molecule is NC(=O)CSc1nnc(-c2ccc(Cl)cc2)o1. The van der Waals surface area contributed by atoms with Crippen molar-refractivity contribution >= 4 is 29.3 Å². The highest BCUT2D eigenvalue weighted by Crippen LogP contribution is 2.23. The smallest absolute Gasteiger partial charge is 0.277 e. The number of rotatable bonds is 4. The second kappa shape index (κ2) is 5.20. The molecule has 0 saturated carbocycles. The van der Waals surface area contributed by atoms with Crippen LogP contribution in [0.1, 0.15) is 0 Å². The summed E-state index contributed by atoms with van der Waals surface area (Å²) in [5, 5.41) is 8.60. The van der Waals surface area contributed by atoms with E-state index >= 15 is 0 Å². The summed E-state index contributed by atoms with van der Waals surface area (Å²) in [6.45, 7) is 0. The highest BCUT2D eigenvalue weighted by atomic mass is 35.5. The minimum Gasteiger partial charge on any atom is -0.411 e. The molecule has 0 aliphatic carbocycles. The van der Waals surface area contributed by atoms with Crippen LogP contribution in [0.15, 0.2) is 33.9 Å². The van der Waals surface area contributed by atoms with Gasteiger partial charge in [-0.1, -0.05) is 23.4 Å². The zero-order chi connectivity index (χ0) is 12.3. The number of benzene rings is 1. The van der Waals surface area contributed by atoms with E-state index < -0.39 is 5.91 Å². The van der Waals surface area contributed by atoms with Crippen molar-refractivity contribution in [2.45, 2.75) is 5.22 Å². The average Bonchev–Trinajstić information content (AvgIpc) is 2.76. The molecule has 2 aromatic rings. The van der Waals surface area contributed by atoms with Gasteiger partial charge < -0.3 is 10.2 Å². The molecule has 5 nitrogen and oxygen atoms in total. The normalized spacial score (nSPS) is 10.4. The largest absolute Gasteiger partial charge is 0.411 e. The Kier molecular flexibility index (Phi) is 3.65. The minimum absolute atomic E-state index is 0.113. The molecule has 0 aliphatic rings. The molecule has 17 heavy (non-hydrogen) atoms. The van der Waals surface area contributed by atoms with Gasteiger partial charge in [0.25, 0.3) is 5.22 Å². The summed E-state index contributed by atoms with van der Waals surface area (Å²) < 4.78 is 5.35. The van der Waals surface area contributed by atoms with Crippen LogP contribution in [0.5, 0.6) is 0 Å².